The summed E-state index contributed by atoms with van der Waals surface area (Å²) in [7, 11) is 0. The molecule has 13 heavy (non-hydrogen) atoms. The van der Waals surface area contributed by atoms with Crippen LogP contribution in [0, 0.1) is 6.92 Å². The van der Waals surface area contributed by atoms with E-state index in [0.29, 0.717) is 0 Å². The highest BCUT2D eigenvalue weighted by molar-refractivity contribution is 5.25. The maximum atomic E-state index is 4.33. The molecule has 1 aromatic rings. The number of aryl methyl sites for hydroxylation is 2. The molecular weight excluding hydrogens is 162 g/mol. The van der Waals surface area contributed by atoms with Gasteiger partial charge in [-0.05, 0) is 32.9 Å². The van der Waals surface area contributed by atoms with Gasteiger partial charge in [-0.1, -0.05) is 6.92 Å². The molecule has 1 aliphatic heterocycles. The first-order chi connectivity index (χ1) is 6.31. The highest BCUT2D eigenvalue weighted by Crippen LogP contribution is 2.18. The van der Waals surface area contributed by atoms with Crippen LogP contribution in [0.3, 0.4) is 0 Å². The standard InChI is InChI=1S/C10H17N3/c1-3-13-6-4-5-10-9(7-13)8(2)11-12-10/h3-7H2,1-2H3,(H,11,12). The Balaban J connectivity index is 2.26. The summed E-state index contributed by atoms with van der Waals surface area (Å²) in [5.41, 5.74) is 3.96. The van der Waals surface area contributed by atoms with E-state index in [1.54, 1.807) is 0 Å². The molecule has 0 bridgehead atoms. The fourth-order valence-corrected chi connectivity index (χ4v) is 1.96. The van der Waals surface area contributed by atoms with Crippen LogP contribution in [0.2, 0.25) is 0 Å². The van der Waals surface area contributed by atoms with Crippen LogP contribution in [-0.4, -0.2) is 28.2 Å². The number of rotatable bonds is 1. The molecule has 2 heterocycles. The molecule has 0 spiro atoms. The molecule has 1 aliphatic rings. The van der Waals surface area contributed by atoms with Crippen molar-refractivity contribution in [1.29, 1.82) is 0 Å². The second-order valence-electron chi connectivity index (χ2n) is 3.75. The number of hydrogen-bond acceptors (Lipinski definition) is 2. The number of H-pyrrole nitrogens is 1. The largest absolute Gasteiger partial charge is 0.299 e. The van der Waals surface area contributed by atoms with Crippen molar-refractivity contribution in [2.45, 2.75) is 33.2 Å². The van der Waals surface area contributed by atoms with Crippen LogP contribution in [0.1, 0.15) is 30.3 Å². The summed E-state index contributed by atoms with van der Waals surface area (Å²) in [6.07, 6.45) is 2.38. The Hall–Kier alpha value is -0.830. The van der Waals surface area contributed by atoms with Gasteiger partial charge in [0.15, 0.2) is 0 Å². The minimum atomic E-state index is 1.08. The molecule has 72 valence electrons. The average Bonchev–Trinajstić information content (AvgIpc) is 2.41. The molecular formula is C10H17N3. The van der Waals surface area contributed by atoms with Crippen LogP contribution in [0.25, 0.3) is 0 Å². The van der Waals surface area contributed by atoms with Crippen LogP contribution in [-0.2, 0) is 13.0 Å². The lowest BCUT2D eigenvalue weighted by Gasteiger charge is -2.17. The van der Waals surface area contributed by atoms with Crippen molar-refractivity contribution in [3.05, 3.63) is 17.0 Å². The quantitative estimate of drug-likeness (QED) is 0.708. The first kappa shape index (κ1) is 8.75. The summed E-state index contributed by atoms with van der Waals surface area (Å²) in [5.74, 6) is 0. The van der Waals surface area contributed by atoms with E-state index in [4.69, 9.17) is 0 Å². The Morgan fingerprint density at radius 3 is 3.15 bits per heavy atom. The molecule has 0 aliphatic carbocycles. The molecule has 0 amide bonds. The summed E-state index contributed by atoms with van der Waals surface area (Å²) in [6.45, 7) is 7.77. The van der Waals surface area contributed by atoms with Gasteiger partial charge in [0.2, 0.25) is 0 Å². The molecule has 3 nitrogen and oxygen atoms in total. The van der Waals surface area contributed by atoms with Gasteiger partial charge in [0, 0.05) is 17.8 Å². The zero-order valence-electron chi connectivity index (χ0n) is 8.43. The second-order valence-corrected chi connectivity index (χ2v) is 3.75. The normalized spacial score (nSPS) is 18.3. The molecule has 0 aromatic carbocycles. The van der Waals surface area contributed by atoms with Gasteiger partial charge in [0.05, 0.1) is 5.69 Å². The van der Waals surface area contributed by atoms with Crippen LogP contribution in [0.5, 0.6) is 0 Å². The average molecular weight is 179 g/mol. The smallest absolute Gasteiger partial charge is 0.0670 e. The van der Waals surface area contributed by atoms with E-state index in [-0.39, 0.29) is 0 Å². The molecule has 1 N–H and O–H groups in total. The predicted octanol–water partition coefficient (Wildman–Crippen LogP) is 1.49. The molecule has 2 rings (SSSR count). The maximum Gasteiger partial charge on any atom is 0.0670 e. The predicted molar refractivity (Wildman–Crippen MR) is 52.6 cm³/mol. The Kier molecular flexibility index (Phi) is 2.36. The summed E-state index contributed by atoms with van der Waals surface area (Å²) < 4.78 is 0. The van der Waals surface area contributed by atoms with Crippen molar-refractivity contribution < 1.29 is 0 Å². The van der Waals surface area contributed by atoms with E-state index < -0.39 is 0 Å². The molecule has 0 fully saturated rings. The monoisotopic (exact) mass is 179 g/mol. The van der Waals surface area contributed by atoms with Crippen LogP contribution in [0.4, 0.5) is 0 Å². The molecule has 0 saturated heterocycles. The van der Waals surface area contributed by atoms with Crippen molar-refractivity contribution in [1.82, 2.24) is 15.1 Å². The van der Waals surface area contributed by atoms with Crippen LogP contribution >= 0.6 is 0 Å². The van der Waals surface area contributed by atoms with Crippen LogP contribution < -0.4 is 0 Å². The van der Waals surface area contributed by atoms with Gasteiger partial charge in [0.25, 0.3) is 0 Å². The minimum Gasteiger partial charge on any atom is -0.299 e. The van der Waals surface area contributed by atoms with E-state index in [1.165, 1.54) is 29.9 Å². The Labute approximate surface area is 79.1 Å². The lowest BCUT2D eigenvalue weighted by molar-refractivity contribution is 0.284. The first-order valence-corrected chi connectivity index (χ1v) is 5.06. The minimum absolute atomic E-state index is 1.08. The molecule has 0 radical (unpaired) electrons. The number of nitrogens with one attached hydrogen (secondary N) is 1. The van der Waals surface area contributed by atoms with Gasteiger partial charge in [-0.3, -0.25) is 10.00 Å². The molecule has 0 saturated carbocycles. The van der Waals surface area contributed by atoms with Crippen LogP contribution in [0.15, 0.2) is 0 Å². The van der Waals surface area contributed by atoms with Crippen molar-refractivity contribution in [2.24, 2.45) is 0 Å². The summed E-state index contributed by atoms with van der Waals surface area (Å²) in [6, 6.07) is 0. The lowest BCUT2D eigenvalue weighted by Crippen LogP contribution is -2.22. The molecule has 0 unspecified atom stereocenters. The van der Waals surface area contributed by atoms with E-state index in [1.807, 2.05) is 0 Å². The Morgan fingerprint density at radius 1 is 1.54 bits per heavy atom. The number of aromatic nitrogens is 2. The fraction of sp³-hybridized carbons (Fsp3) is 0.700. The van der Waals surface area contributed by atoms with Gasteiger partial charge < -0.3 is 0 Å². The third-order valence-corrected chi connectivity index (χ3v) is 2.88. The first-order valence-electron chi connectivity index (χ1n) is 5.06. The zero-order valence-corrected chi connectivity index (χ0v) is 8.43. The SMILES string of the molecule is CCN1CCCc2n[nH]c(C)c2C1. The third kappa shape index (κ3) is 1.61. The van der Waals surface area contributed by atoms with Gasteiger partial charge in [-0.25, -0.2) is 0 Å². The number of fused-ring (bicyclic) bond motifs is 1. The third-order valence-electron chi connectivity index (χ3n) is 2.88. The summed E-state index contributed by atoms with van der Waals surface area (Å²) in [5, 5.41) is 7.41. The number of aromatic amines is 1. The van der Waals surface area contributed by atoms with Crippen molar-refractivity contribution >= 4 is 0 Å². The fourth-order valence-electron chi connectivity index (χ4n) is 1.96. The maximum absolute atomic E-state index is 4.33. The van der Waals surface area contributed by atoms with Gasteiger partial charge in [0.1, 0.15) is 0 Å². The van der Waals surface area contributed by atoms with Gasteiger partial charge in [-0.2, -0.15) is 5.10 Å². The van der Waals surface area contributed by atoms with E-state index in [2.05, 4.69) is 28.9 Å². The van der Waals surface area contributed by atoms with Crippen molar-refractivity contribution in [3.8, 4) is 0 Å². The second kappa shape index (κ2) is 3.50. The summed E-state index contributed by atoms with van der Waals surface area (Å²) in [4.78, 5) is 2.48. The lowest BCUT2D eigenvalue weighted by atomic mass is 10.1. The van der Waals surface area contributed by atoms with Crippen molar-refractivity contribution in [2.75, 3.05) is 13.1 Å². The molecule has 0 atom stereocenters. The highest BCUT2D eigenvalue weighted by Gasteiger charge is 2.16. The van der Waals surface area contributed by atoms with Gasteiger partial charge in [-0.15, -0.1) is 0 Å². The van der Waals surface area contributed by atoms with E-state index >= 15 is 0 Å². The Bertz CT molecular complexity index is 290. The topological polar surface area (TPSA) is 31.9 Å². The van der Waals surface area contributed by atoms with E-state index in [0.717, 1.165) is 19.5 Å². The van der Waals surface area contributed by atoms with Gasteiger partial charge >= 0.3 is 0 Å². The molecule has 3 heteroatoms. The number of nitrogens with zero attached hydrogens (tertiary/aromatic N) is 2. The van der Waals surface area contributed by atoms with E-state index in [9.17, 15) is 0 Å². The zero-order chi connectivity index (χ0) is 9.26. The van der Waals surface area contributed by atoms with Crippen molar-refractivity contribution in [3.63, 3.8) is 0 Å². The highest BCUT2D eigenvalue weighted by atomic mass is 15.2. The Morgan fingerprint density at radius 2 is 2.38 bits per heavy atom. The summed E-state index contributed by atoms with van der Waals surface area (Å²) >= 11 is 0. The molecule has 1 aromatic heterocycles. The number of hydrogen-bond donors (Lipinski definition) is 1.